The van der Waals surface area contributed by atoms with Crippen molar-refractivity contribution in [1.29, 1.82) is 0 Å². The molecule has 0 saturated carbocycles. The zero-order chi connectivity index (χ0) is 11.6. The van der Waals surface area contributed by atoms with Gasteiger partial charge in [-0.3, -0.25) is 4.79 Å². The molecule has 0 spiro atoms. The number of sulfonamides is 1. The standard InChI is InChI=1S/C8H17N3O3S/c1-6(2)15(13,14)11-4-3-10-5-7(11)8(9)12/h6-7,10H,3-5H2,1-2H3,(H2,9,12). The highest BCUT2D eigenvalue weighted by Gasteiger charge is 2.36. The summed E-state index contributed by atoms with van der Waals surface area (Å²) in [5.41, 5.74) is 5.17. The molecule has 0 radical (unpaired) electrons. The summed E-state index contributed by atoms with van der Waals surface area (Å²) in [7, 11) is -3.40. The lowest BCUT2D eigenvalue weighted by molar-refractivity contribution is -0.122. The summed E-state index contributed by atoms with van der Waals surface area (Å²) >= 11 is 0. The zero-order valence-corrected chi connectivity index (χ0v) is 9.75. The first kappa shape index (κ1) is 12.4. The van der Waals surface area contributed by atoms with E-state index in [1.807, 2.05) is 0 Å². The number of amides is 1. The van der Waals surface area contributed by atoms with Gasteiger partial charge in [-0.25, -0.2) is 8.42 Å². The average Bonchev–Trinajstić information content (AvgIpc) is 2.17. The topological polar surface area (TPSA) is 92.5 Å². The summed E-state index contributed by atoms with van der Waals surface area (Å²) < 4.78 is 25.0. The minimum Gasteiger partial charge on any atom is -0.368 e. The second-order valence-electron chi connectivity index (χ2n) is 3.83. The van der Waals surface area contributed by atoms with E-state index in [0.717, 1.165) is 0 Å². The van der Waals surface area contributed by atoms with E-state index >= 15 is 0 Å². The van der Waals surface area contributed by atoms with Crippen molar-refractivity contribution < 1.29 is 13.2 Å². The predicted molar refractivity (Wildman–Crippen MR) is 56.6 cm³/mol. The molecule has 88 valence electrons. The van der Waals surface area contributed by atoms with Crippen LogP contribution in [0.2, 0.25) is 0 Å². The lowest BCUT2D eigenvalue weighted by atomic mass is 10.2. The Kier molecular flexibility index (Phi) is 3.69. The molecule has 1 aliphatic rings. The van der Waals surface area contributed by atoms with Crippen LogP contribution in [0.5, 0.6) is 0 Å². The molecule has 1 unspecified atom stereocenters. The third-order valence-electron chi connectivity index (χ3n) is 2.45. The van der Waals surface area contributed by atoms with Crippen LogP contribution in [-0.4, -0.2) is 49.6 Å². The smallest absolute Gasteiger partial charge is 0.237 e. The largest absolute Gasteiger partial charge is 0.368 e. The maximum atomic E-state index is 11.9. The van der Waals surface area contributed by atoms with Crippen LogP contribution in [0.4, 0.5) is 0 Å². The minimum atomic E-state index is -3.40. The predicted octanol–water partition coefficient (Wildman–Crippen LogP) is -1.52. The van der Waals surface area contributed by atoms with Crippen LogP contribution in [0.25, 0.3) is 0 Å². The van der Waals surface area contributed by atoms with Crippen molar-refractivity contribution in [1.82, 2.24) is 9.62 Å². The molecule has 15 heavy (non-hydrogen) atoms. The van der Waals surface area contributed by atoms with Gasteiger partial charge >= 0.3 is 0 Å². The van der Waals surface area contributed by atoms with Gasteiger partial charge in [-0.1, -0.05) is 0 Å². The molecule has 0 aromatic heterocycles. The van der Waals surface area contributed by atoms with Crippen LogP contribution < -0.4 is 11.1 Å². The fourth-order valence-electron chi connectivity index (χ4n) is 1.50. The van der Waals surface area contributed by atoms with Crippen LogP contribution in [0.15, 0.2) is 0 Å². The first-order valence-electron chi connectivity index (χ1n) is 4.88. The van der Waals surface area contributed by atoms with E-state index in [4.69, 9.17) is 5.73 Å². The Morgan fingerprint density at radius 2 is 2.13 bits per heavy atom. The molecule has 1 atom stereocenters. The molecule has 0 aromatic carbocycles. The first-order valence-corrected chi connectivity index (χ1v) is 6.38. The van der Waals surface area contributed by atoms with Gasteiger partial charge in [-0.05, 0) is 13.8 Å². The van der Waals surface area contributed by atoms with Gasteiger partial charge in [-0.15, -0.1) is 0 Å². The number of rotatable bonds is 3. The summed E-state index contributed by atoms with van der Waals surface area (Å²) in [4.78, 5) is 11.1. The number of nitrogens with two attached hydrogens (primary N) is 1. The Hall–Kier alpha value is -0.660. The second-order valence-corrected chi connectivity index (χ2v) is 6.27. The highest BCUT2D eigenvalue weighted by atomic mass is 32.2. The molecule has 1 amide bonds. The number of carbonyl (C=O) groups is 1. The van der Waals surface area contributed by atoms with Gasteiger partial charge in [0.1, 0.15) is 6.04 Å². The number of nitrogens with one attached hydrogen (secondary N) is 1. The van der Waals surface area contributed by atoms with Crippen molar-refractivity contribution in [2.45, 2.75) is 25.1 Å². The number of nitrogens with zero attached hydrogens (tertiary/aromatic N) is 1. The Bertz CT molecular complexity index is 339. The maximum Gasteiger partial charge on any atom is 0.237 e. The van der Waals surface area contributed by atoms with Crippen LogP contribution >= 0.6 is 0 Å². The highest BCUT2D eigenvalue weighted by molar-refractivity contribution is 7.89. The van der Waals surface area contributed by atoms with Crippen LogP contribution in [0.3, 0.4) is 0 Å². The monoisotopic (exact) mass is 235 g/mol. The summed E-state index contributed by atoms with van der Waals surface area (Å²) in [6.07, 6.45) is 0. The lowest BCUT2D eigenvalue weighted by Crippen LogP contribution is -2.59. The fraction of sp³-hybridized carbons (Fsp3) is 0.875. The quantitative estimate of drug-likeness (QED) is 0.621. The number of piperazine rings is 1. The molecular weight excluding hydrogens is 218 g/mol. The minimum absolute atomic E-state index is 0.293. The summed E-state index contributed by atoms with van der Waals surface area (Å²) in [6.45, 7) is 4.33. The molecule has 0 aromatic rings. The van der Waals surface area contributed by atoms with Crippen LogP contribution in [0.1, 0.15) is 13.8 Å². The summed E-state index contributed by atoms with van der Waals surface area (Å²) in [5, 5.41) is 2.42. The van der Waals surface area contributed by atoms with E-state index in [1.165, 1.54) is 4.31 Å². The van der Waals surface area contributed by atoms with E-state index in [9.17, 15) is 13.2 Å². The van der Waals surface area contributed by atoms with Crippen LogP contribution in [0, 0.1) is 0 Å². The van der Waals surface area contributed by atoms with Crippen molar-refractivity contribution >= 4 is 15.9 Å². The number of carbonyl (C=O) groups excluding carboxylic acids is 1. The first-order chi connectivity index (χ1) is 6.87. The number of primary amides is 1. The summed E-state index contributed by atoms with van der Waals surface area (Å²) in [6, 6.07) is -0.758. The highest BCUT2D eigenvalue weighted by Crippen LogP contribution is 2.14. The average molecular weight is 235 g/mol. The molecule has 1 fully saturated rings. The van der Waals surface area contributed by atoms with E-state index in [2.05, 4.69) is 5.32 Å². The number of hydrogen-bond donors (Lipinski definition) is 2. The van der Waals surface area contributed by atoms with Gasteiger partial charge in [0.25, 0.3) is 0 Å². The molecule has 0 bridgehead atoms. The second kappa shape index (κ2) is 4.46. The van der Waals surface area contributed by atoms with Crippen molar-refractivity contribution in [2.75, 3.05) is 19.6 Å². The van der Waals surface area contributed by atoms with E-state index in [0.29, 0.717) is 19.6 Å². The molecular formula is C8H17N3O3S. The van der Waals surface area contributed by atoms with E-state index in [-0.39, 0.29) is 0 Å². The molecule has 7 heteroatoms. The van der Waals surface area contributed by atoms with Crippen molar-refractivity contribution in [3.05, 3.63) is 0 Å². The number of hydrogen-bond acceptors (Lipinski definition) is 4. The molecule has 6 nitrogen and oxygen atoms in total. The molecule has 1 rings (SSSR count). The third-order valence-corrected chi connectivity index (χ3v) is 4.73. The van der Waals surface area contributed by atoms with E-state index < -0.39 is 27.2 Å². The van der Waals surface area contributed by atoms with Gasteiger partial charge in [0.15, 0.2) is 0 Å². The zero-order valence-electron chi connectivity index (χ0n) is 8.93. The molecule has 1 saturated heterocycles. The lowest BCUT2D eigenvalue weighted by Gasteiger charge is -2.34. The maximum absolute atomic E-state index is 11.9. The normalized spacial score (nSPS) is 24.3. The van der Waals surface area contributed by atoms with E-state index in [1.54, 1.807) is 13.8 Å². The van der Waals surface area contributed by atoms with Gasteiger partial charge in [0.05, 0.1) is 5.25 Å². The summed E-state index contributed by atoms with van der Waals surface area (Å²) in [5.74, 6) is -0.605. The van der Waals surface area contributed by atoms with Gasteiger partial charge in [0.2, 0.25) is 15.9 Å². The Labute approximate surface area is 89.9 Å². The Morgan fingerprint density at radius 1 is 1.53 bits per heavy atom. The van der Waals surface area contributed by atoms with Crippen molar-refractivity contribution in [3.63, 3.8) is 0 Å². The van der Waals surface area contributed by atoms with Crippen molar-refractivity contribution in [2.24, 2.45) is 5.73 Å². The molecule has 1 aliphatic heterocycles. The van der Waals surface area contributed by atoms with Crippen LogP contribution in [-0.2, 0) is 14.8 Å². The Balaban J connectivity index is 2.95. The molecule has 0 aliphatic carbocycles. The van der Waals surface area contributed by atoms with Gasteiger partial charge in [-0.2, -0.15) is 4.31 Å². The van der Waals surface area contributed by atoms with Crippen molar-refractivity contribution in [3.8, 4) is 0 Å². The Morgan fingerprint density at radius 3 is 2.60 bits per heavy atom. The molecule has 3 N–H and O–H groups in total. The fourth-order valence-corrected chi connectivity index (χ4v) is 2.92. The van der Waals surface area contributed by atoms with Gasteiger partial charge in [0, 0.05) is 19.6 Å². The SMILES string of the molecule is CC(C)S(=O)(=O)N1CCNCC1C(N)=O. The third kappa shape index (κ3) is 2.47. The van der Waals surface area contributed by atoms with Gasteiger partial charge < -0.3 is 11.1 Å². The molecule has 1 heterocycles.